The van der Waals surface area contributed by atoms with Crippen molar-refractivity contribution in [3.05, 3.63) is 139 Å². The number of hydrogen-bond acceptors (Lipinski definition) is 3. The first-order valence-corrected chi connectivity index (χ1v) is 15.0. The third kappa shape index (κ3) is 3.76. The summed E-state index contributed by atoms with van der Waals surface area (Å²) in [6.07, 6.45) is 16.4. The highest BCUT2D eigenvalue weighted by molar-refractivity contribution is 6.16. The summed E-state index contributed by atoms with van der Waals surface area (Å²) in [5.41, 5.74) is 10.9. The maximum absolute atomic E-state index is 5.17. The topological polar surface area (TPSA) is 48.5 Å². The predicted molar refractivity (Wildman–Crippen MR) is 179 cm³/mol. The van der Waals surface area contributed by atoms with Crippen molar-refractivity contribution in [2.24, 2.45) is 0 Å². The Bertz CT molecular complexity index is 2420. The average Bonchev–Trinajstić information content (AvgIpc) is 3.62. The lowest BCUT2D eigenvalue weighted by atomic mass is 9.99. The van der Waals surface area contributed by atoms with Gasteiger partial charge < -0.3 is 9.13 Å². The summed E-state index contributed by atoms with van der Waals surface area (Å²) in [5, 5.41) is 4.81. The Hall–Kier alpha value is -5.81. The molecule has 5 nitrogen and oxygen atoms in total. The zero-order valence-corrected chi connectivity index (χ0v) is 23.9. The fourth-order valence-corrected chi connectivity index (χ4v) is 6.81. The lowest BCUT2D eigenvalue weighted by Gasteiger charge is -2.15. The third-order valence-corrected chi connectivity index (χ3v) is 8.71. The molecule has 0 fully saturated rings. The Morgan fingerprint density at radius 3 is 1.95 bits per heavy atom. The van der Waals surface area contributed by atoms with Gasteiger partial charge in [-0.15, -0.1) is 0 Å². The molecule has 44 heavy (non-hydrogen) atoms. The van der Waals surface area contributed by atoms with Gasteiger partial charge in [-0.25, -0.2) is 0 Å². The Labute approximate surface area is 253 Å². The second kappa shape index (κ2) is 9.89. The molecule has 0 amide bonds. The van der Waals surface area contributed by atoms with E-state index in [2.05, 4.69) is 122 Å². The van der Waals surface area contributed by atoms with Crippen molar-refractivity contribution in [2.75, 3.05) is 0 Å². The summed E-state index contributed by atoms with van der Waals surface area (Å²) >= 11 is 0. The largest absolute Gasteiger partial charge is 0.307 e. The van der Waals surface area contributed by atoms with Gasteiger partial charge in [0.2, 0.25) is 0 Å². The second-order valence-corrected chi connectivity index (χ2v) is 11.3. The van der Waals surface area contributed by atoms with E-state index in [0.717, 1.165) is 68.4 Å². The number of fused-ring (bicyclic) bond motifs is 7. The van der Waals surface area contributed by atoms with Crippen LogP contribution in [0.3, 0.4) is 0 Å². The fraction of sp³-hybridized carbons (Fsp3) is 0.0513. The molecule has 0 saturated heterocycles. The van der Waals surface area contributed by atoms with Crippen LogP contribution in [0.1, 0.15) is 12.8 Å². The van der Waals surface area contributed by atoms with Crippen molar-refractivity contribution in [1.82, 2.24) is 24.1 Å². The van der Waals surface area contributed by atoms with Crippen molar-refractivity contribution >= 4 is 45.0 Å². The maximum atomic E-state index is 5.17. The van der Waals surface area contributed by atoms with E-state index < -0.39 is 0 Å². The second-order valence-electron chi connectivity index (χ2n) is 11.3. The highest BCUT2D eigenvalue weighted by Gasteiger charge is 2.22. The first kappa shape index (κ1) is 24.8. The normalized spacial score (nSPS) is 12.7. The molecule has 3 aromatic carbocycles. The summed E-state index contributed by atoms with van der Waals surface area (Å²) in [6, 6.07) is 34.3. The highest BCUT2D eigenvalue weighted by Crippen LogP contribution is 2.38. The minimum absolute atomic E-state index is 0.995. The van der Waals surface area contributed by atoms with E-state index in [1.807, 2.05) is 36.9 Å². The van der Waals surface area contributed by atoms with Gasteiger partial charge in [-0.05, 0) is 72.5 Å². The molecule has 0 atom stereocenters. The predicted octanol–water partition coefficient (Wildman–Crippen LogP) is 7.60. The minimum atomic E-state index is 0.995. The number of benzene rings is 3. The summed E-state index contributed by atoms with van der Waals surface area (Å²) in [6.45, 7) is 0. The minimum Gasteiger partial charge on any atom is -0.307 e. The van der Waals surface area contributed by atoms with Crippen LogP contribution in [0.2, 0.25) is 0 Å². The molecule has 0 bridgehead atoms. The summed E-state index contributed by atoms with van der Waals surface area (Å²) < 4.78 is 4.84. The maximum Gasteiger partial charge on any atom is 0.0985 e. The highest BCUT2D eigenvalue weighted by atomic mass is 15.1. The molecule has 0 N–H and O–H groups in total. The van der Waals surface area contributed by atoms with E-state index >= 15 is 0 Å². The molecule has 0 saturated carbocycles. The lowest BCUT2D eigenvalue weighted by Crippen LogP contribution is -2.30. The van der Waals surface area contributed by atoms with E-state index in [1.165, 1.54) is 21.5 Å². The zero-order valence-electron chi connectivity index (χ0n) is 23.9. The number of pyridine rings is 3. The van der Waals surface area contributed by atoms with Gasteiger partial charge in [0.1, 0.15) is 0 Å². The van der Waals surface area contributed by atoms with E-state index in [1.54, 1.807) is 0 Å². The van der Waals surface area contributed by atoms with Gasteiger partial charge in [0.25, 0.3) is 0 Å². The number of rotatable bonds is 4. The van der Waals surface area contributed by atoms with Crippen LogP contribution >= 0.6 is 0 Å². The smallest absolute Gasteiger partial charge is 0.0985 e. The zero-order chi connectivity index (χ0) is 29.0. The van der Waals surface area contributed by atoms with Gasteiger partial charge in [0, 0.05) is 74.8 Å². The standard InChI is InChI=1S/C39H27N5/c1-2-12-30(13-3-1)43-35-16-6-4-14-32(35)34-25-42-37-33-15-5-7-17-36(33)44(39(37)38(34)43)31-21-28(26-10-8-18-40-23-26)20-29(22-31)27-11-9-19-41-24-27/h1-3,5,7-25H,4,6H2. The van der Waals surface area contributed by atoms with Gasteiger partial charge in [-0.2, -0.15) is 0 Å². The average molecular weight is 566 g/mol. The lowest BCUT2D eigenvalue weighted by molar-refractivity contribution is 1.02. The quantitative estimate of drug-likeness (QED) is 0.221. The van der Waals surface area contributed by atoms with Crippen LogP contribution in [0.15, 0.2) is 128 Å². The Balaban J connectivity index is 1.48. The summed E-state index contributed by atoms with van der Waals surface area (Å²) in [4.78, 5) is 14.1. The van der Waals surface area contributed by atoms with Crippen molar-refractivity contribution in [1.29, 1.82) is 0 Å². The number of hydrogen-bond donors (Lipinski definition) is 0. The van der Waals surface area contributed by atoms with E-state index in [4.69, 9.17) is 4.98 Å². The van der Waals surface area contributed by atoms with Gasteiger partial charge >= 0.3 is 0 Å². The van der Waals surface area contributed by atoms with Crippen molar-refractivity contribution in [3.8, 4) is 33.6 Å². The van der Waals surface area contributed by atoms with Gasteiger partial charge in [0.05, 0.1) is 22.1 Å². The molecule has 8 aromatic rings. The van der Waals surface area contributed by atoms with Crippen LogP contribution < -0.4 is 10.6 Å². The first-order chi connectivity index (χ1) is 21.8. The SMILES string of the molecule is C1=c2c(n(-c3ccccc3)c3c2cnc2c4ccccc4n(-c4cc(-c5cccnc5)cc(-c5cccnc5)c4)c23)=CCC1. The number of aromatic nitrogens is 5. The monoisotopic (exact) mass is 565 g/mol. The first-order valence-electron chi connectivity index (χ1n) is 15.0. The van der Waals surface area contributed by atoms with Crippen molar-refractivity contribution < 1.29 is 0 Å². The third-order valence-electron chi connectivity index (χ3n) is 8.71. The van der Waals surface area contributed by atoms with Crippen LogP contribution in [0.25, 0.3) is 78.6 Å². The fourth-order valence-electron chi connectivity index (χ4n) is 6.81. The van der Waals surface area contributed by atoms with Crippen molar-refractivity contribution in [3.63, 3.8) is 0 Å². The Morgan fingerprint density at radius 1 is 0.523 bits per heavy atom. The molecule has 5 heteroatoms. The molecule has 9 rings (SSSR count). The Kier molecular flexibility index (Phi) is 5.56. The molecule has 5 aromatic heterocycles. The van der Waals surface area contributed by atoms with Crippen LogP contribution in [0.5, 0.6) is 0 Å². The van der Waals surface area contributed by atoms with Crippen LogP contribution in [-0.4, -0.2) is 24.1 Å². The molecule has 0 unspecified atom stereocenters. The van der Waals surface area contributed by atoms with E-state index in [9.17, 15) is 0 Å². The molecule has 208 valence electrons. The molecule has 1 aliphatic rings. The molecule has 5 heterocycles. The summed E-state index contributed by atoms with van der Waals surface area (Å²) in [7, 11) is 0. The van der Waals surface area contributed by atoms with E-state index in [-0.39, 0.29) is 0 Å². The van der Waals surface area contributed by atoms with E-state index in [0.29, 0.717) is 0 Å². The van der Waals surface area contributed by atoms with Gasteiger partial charge in [-0.1, -0.05) is 60.7 Å². The molecular formula is C39H27N5. The summed E-state index contributed by atoms with van der Waals surface area (Å²) in [5.74, 6) is 0. The molecular weight excluding hydrogens is 538 g/mol. The van der Waals surface area contributed by atoms with Crippen LogP contribution in [-0.2, 0) is 0 Å². The van der Waals surface area contributed by atoms with Gasteiger partial charge in [0.15, 0.2) is 0 Å². The van der Waals surface area contributed by atoms with Crippen LogP contribution in [0, 0.1) is 0 Å². The molecule has 0 spiro atoms. The molecule has 1 aliphatic carbocycles. The van der Waals surface area contributed by atoms with Gasteiger partial charge in [-0.3, -0.25) is 15.0 Å². The van der Waals surface area contributed by atoms with Crippen LogP contribution in [0.4, 0.5) is 0 Å². The molecule has 0 aliphatic heterocycles. The molecule has 0 radical (unpaired) electrons. The Morgan fingerprint density at radius 2 is 1.23 bits per heavy atom. The number of para-hydroxylation sites is 2. The van der Waals surface area contributed by atoms with Crippen molar-refractivity contribution in [2.45, 2.75) is 12.8 Å². The number of nitrogens with zero attached hydrogens (tertiary/aromatic N) is 5.